The molecule has 1 aliphatic heterocycles. The van der Waals surface area contributed by atoms with Crippen LogP contribution in [-0.4, -0.2) is 47.1 Å². The van der Waals surface area contributed by atoms with Crippen LogP contribution < -0.4 is 0 Å². The third kappa shape index (κ3) is 2.74. The molecule has 2 rings (SSSR count). The lowest BCUT2D eigenvalue weighted by Gasteiger charge is -2.41. The fourth-order valence-electron chi connectivity index (χ4n) is 2.58. The number of ether oxygens (including phenoxy) is 1. The average molecular weight is 264 g/mol. The van der Waals surface area contributed by atoms with Gasteiger partial charge in [-0.1, -0.05) is 0 Å². The Morgan fingerprint density at radius 3 is 2.63 bits per heavy atom. The minimum Gasteiger partial charge on any atom is -0.378 e. The average Bonchev–Trinajstić information content (AvgIpc) is 2.59. The summed E-state index contributed by atoms with van der Waals surface area (Å²) in [5.41, 5.74) is 2.96. The van der Waals surface area contributed by atoms with Gasteiger partial charge in [0.1, 0.15) is 0 Å². The standard InChI is InChI=1S/C15H24N2O2/c1-11-8-13(12(2)16(11)5)14(18)9-17-6-7-19-10-15(17,3)4/h8H,6-7,9-10H2,1-5H3. The Balaban J connectivity index is 2.14. The third-order valence-electron chi connectivity index (χ3n) is 4.23. The Hall–Kier alpha value is -1.13. The Morgan fingerprint density at radius 2 is 2.11 bits per heavy atom. The lowest BCUT2D eigenvalue weighted by molar-refractivity contribution is -0.0467. The van der Waals surface area contributed by atoms with Gasteiger partial charge in [0.2, 0.25) is 0 Å². The van der Waals surface area contributed by atoms with Crippen LogP contribution in [0.1, 0.15) is 35.6 Å². The molecule has 106 valence electrons. The van der Waals surface area contributed by atoms with E-state index < -0.39 is 0 Å². The Morgan fingerprint density at radius 1 is 1.42 bits per heavy atom. The Bertz CT molecular complexity index is 489. The van der Waals surface area contributed by atoms with Crippen molar-refractivity contribution in [1.29, 1.82) is 0 Å². The summed E-state index contributed by atoms with van der Waals surface area (Å²) in [6.07, 6.45) is 0. The topological polar surface area (TPSA) is 34.5 Å². The van der Waals surface area contributed by atoms with Crippen molar-refractivity contribution in [2.24, 2.45) is 7.05 Å². The zero-order chi connectivity index (χ0) is 14.2. The normalized spacial score (nSPS) is 19.6. The molecule has 0 amide bonds. The molecule has 1 fully saturated rings. The highest BCUT2D eigenvalue weighted by Crippen LogP contribution is 2.21. The predicted molar refractivity (Wildman–Crippen MR) is 75.7 cm³/mol. The summed E-state index contributed by atoms with van der Waals surface area (Å²) < 4.78 is 7.56. The van der Waals surface area contributed by atoms with E-state index in [4.69, 9.17) is 4.74 Å². The highest BCUT2D eigenvalue weighted by Gasteiger charge is 2.32. The number of hydrogen-bond donors (Lipinski definition) is 0. The monoisotopic (exact) mass is 264 g/mol. The first-order chi connectivity index (χ1) is 8.83. The first kappa shape index (κ1) is 14.3. The van der Waals surface area contributed by atoms with Crippen molar-refractivity contribution in [3.05, 3.63) is 23.0 Å². The number of aryl methyl sites for hydroxylation is 1. The van der Waals surface area contributed by atoms with Gasteiger partial charge in [-0.3, -0.25) is 9.69 Å². The van der Waals surface area contributed by atoms with Crippen LogP contribution in [-0.2, 0) is 11.8 Å². The maximum atomic E-state index is 12.5. The molecule has 19 heavy (non-hydrogen) atoms. The summed E-state index contributed by atoms with van der Waals surface area (Å²) in [5, 5.41) is 0. The zero-order valence-corrected chi connectivity index (χ0v) is 12.6. The summed E-state index contributed by atoms with van der Waals surface area (Å²) >= 11 is 0. The number of ketones is 1. The van der Waals surface area contributed by atoms with Crippen LogP contribution in [0.2, 0.25) is 0 Å². The minimum absolute atomic E-state index is 0.0638. The van der Waals surface area contributed by atoms with Gasteiger partial charge in [0.05, 0.1) is 19.8 Å². The van der Waals surface area contributed by atoms with Crippen molar-refractivity contribution in [3.8, 4) is 0 Å². The van der Waals surface area contributed by atoms with E-state index in [0.29, 0.717) is 19.8 Å². The lowest BCUT2D eigenvalue weighted by Crippen LogP contribution is -2.54. The fourth-order valence-corrected chi connectivity index (χ4v) is 2.58. The van der Waals surface area contributed by atoms with Gasteiger partial charge in [0.15, 0.2) is 5.78 Å². The van der Waals surface area contributed by atoms with Crippen LogP contribution in [0.5, 0.6) is 0 Å². The van der Waals surface area contributed by atoms with Gasteiger partial charge in [-0.2, -0.15) is 0 Å². The predicted octanol–water partition coefficient (Wildman–Crippen LogP) is 1.94. The Labute approximate surface area is 115 Å². The molecule has 0 saturated carbocycles. The molecule has 2 heterocycles. The van der Waals surface area contributed by atoms with Crippen molar-refractivity contribution in [3.63, 3.8) is 0 Å². The second-order valence-electron chi connectivity index (χ2n) is 6.05. The molecule has 0 unspecified atom stereocenters. The van der Waals surface area contributed by atoms with E-state index >= 15 is 0 Å². The number of carbonyl (C=O) groups is 1. The highest BCUT2D eigenvalue weighted by molar-refractivity contribution is 5.99. The quantitative estimate of drug-likeness (QED) is 0.782. The first-order valence-corrected chi connectivity index (χ1v) is 6.82. The van der Waals surface area contributed by atoms with E-state index in [9.17, 15) is 4.79 Å². The third-order valence-corrected chi connectivity index (χ3v) is 4.23. The van der Waals surface area contributed by atoms with Crippen LogP contribution >= 0.6 is 0 Å². The molecule has 1 aliphatic rings. The van der Waals surface area contributed by atoms with Crippen LogP contribution in [0.3, 0.4) is 0 Å². The van der Waals surface area contributed by atoms with Gasteiger partial charge in [0.25, 0.3) is 0 Å². The number of morpholine rings is 1. The summed E-state index contributed by atoms with van der Waals surface area (Å²) in [6.45, 7) is 11.0. The number of nitrogens with zero attached hydrogens (tertiary/aromatic N) is 2. The van der Waals surface area contributed by atoms with Crippen molar-refractivity contribution in [2.45, 2.75) is 33.2 Å². The minimum atomic E-state index is -0.0638. The molecule has 0 aromatic carbocycles. The molecule has 0 bridgehead atoms. The van der Waals surface area contributed by atoms with Crippen molar-refractivity contribution < 1.29 is 9.53 Å². The summed E-state index contributed by atoms with van der Waals surface area (Å²) in [4.78, 5) is 14.7. The molecule has 0 spiro atoms. The van der Waals surface area contributed by atoms with Crippen molar-refractivity contribution >= 4 is 5.78 Å². The smallest absolute Gasteiger partial charge is 0.178 e. The van der Waals surface area contributed by atoms with Crippen LogP contribution in [0.4, 0.5) is 0 Å². The summed E-state index contributed by atoms with van der Waals surface area (Å²) in [5.74, 6) is 0.205. The van der Waals surface area contributed by atoms with Crippen molar-refractivity contribution in [2.75, 3.05) is 26.3 Å². The van der Waals surface area contributed by atoms with Gasteiger partial charge in [-0.05, 0) is 33.8 Å². The molecular weight excluding hydrogens is 240 g/mol. The number of hydrogen-bond acceptors (Lipinski definition) is 3. The summed E-state index contributed by atoms with van der Waals surface area (Å²) in [7, 11) is 2.00. The Kier molecular flexibility index (Phi) is 3.83. The SMILES string of the molecule is Cc1cc(C(=O)CN2CCOCC2(C)C)c(C)n1C. The van der Waals surface area contributed by atoms with Gasteiger partial charge in [0, 0.05) is 36.1 Å². The maximum Gasteiger partial charge on any atom is 0.178 e. The molecule has 0 aliphatic carbocycles. The fraction of sp³-hybridized carbons (Fsp3) is 0.667. The van der Waals surface area contributed by atoms with Gasteiger partial charge in [-0.15, -0.1) is 0 Å². The summed E-state index contributed by atoms with van der Waals surface area (Å²) in [6, 6.07) is 1.99. The second-order valence-corrected chi connectivity index (χ2v) is 6.05. The molecule has 4 nitrogen and oxygen atoms in total. The van der Waals surface area contributed by atoms with Gasteiger partial charge in [-0.25, -0.2) is 0 Å². The number of carbonyl (C=O) groups excluding carboxylic acids is 1. The largest absolute Gasteiger partial charge is 0.378 e. The molecule has 1 aromatic heterocycles. The molecule has 0 N–H and O–H groups in total. The number of Topliss-reactive ketones (excluding diaryl/α,β-unsaturated/α-hetero) is 1. The molecule has 1 saturated heterocycles. The van der Waals surface area contributed by atoms with E-state index in [-0.39, 0.29) is 11.3 Å². The van der Waals surface area contributed by atoms with Gasteiger partial charge < -0.3 is 9.30 Å². The van der Waals surface area contributed by atoms with Crippen LogP contribution in [0.25, 0.3) is 0 Å². The zero-order valence-electron chi connectivity index (χ0n) is 12.6. The molecule has 0 atom stereocenters. The second kappa shape index (κ2) is 5.10. The molecular formula is C15H24N2O2. The highest BCUT2D eigenvalue weighted by atomic mass is 16.5. The maximum absolute atomic E-state index is 12.5. The van der Waals surface area contributed by atoms with E-state index in [1.165, 1.54) is 0 Å². The first-order valence-electron chi connectivity index (χ1n) is 6.82. The van der Waals surface area contributed by atoms with Gasteiger partial charge >= 0.3 is 0 Å². The molecule has 4 heteroatoms. The number of aromatic nitrogens is 1. The van der Waals surface area contributed by atoms with E-state index in [1.807, 2.05) is 27.0 Å². The number of rotatable bonds is 3. The van der Waals surface area contributed by atoms with Crippen molar-refractivity contribution in [1.82, 2.24) is 9.47 Å². The molecule has 1 aromatic rings. The van der Waals surface area contributed by atoms with Crippen LogP contribution in [0.15, 0.2) is 6.07 Å². The molecule has 0 radical (unpaired) electrons. The lowest BCUT2D eigenvalue weighted by atomic mass is 10.0. The van der Waals surface area contributed by atoms with E-state index in [1.54, 1.807) is 0 Å². The van der Waals surface area contributed by atoms with E-state index in [2.05, 4.69) is 23.3 Å². The van der Waals surface area contributed by atoms with E-state index in [0.717, 1.165) is 23.5 Å². The van der Waals surface area contributed by atoms with Crippen LogP contribution in [0, 0.1) is 13.8 Å².